The Balaban J connectivity index is 1.38. The third-order valence-electron chi connectivity index (χ3n) is 5.45. The van der Waals surface area contributed by atoms with Crippen molar-refractivity contribution >= 4 is 39.3 Å². The molecule has 2 aromatic rings. The predicted molar refractivity (Wildman–Crippen MR) is 115 cm³/mol. The third kappa shape index (κ3) is 4.69. The number of hydrogen-bond donors (Lipinski definition) is 1. The number of carbonyl (C=O) groups excluding carboxylic acids is 2. The van der Waals surface area contributed by atoms with E-state index in [0.29, 0.717) is 53.6 Å². The number of pyridine rings is 1. The summed E-state index contributed by atoms with van der Waals surface area (Å²) in [5.74, 6) is -1.39. The van der Waals surface area contributed by atoms with E-state index in [9.17, 15) is 23.3 Å². The number of cyclic esters (lactones) is 1. The van der Waals surface area contributed by atoms with Gasteiger partial charge < -0.3 is 9.64 Å². The Morgan fingerprint density at radius 2 is 1.97 bits per heavy atom. The quantitative estimate of drug-likeness (QED) is 0.652. The summed E-state index contributed by atoms with van der Waals surface area (Å²) in [6.07, 6.45) is 0.808. The van der Waals surface area contributed by atoms with E-state index in [2.05, 4.69) is 15.8 Å². The number of esters is 1. The monoisotopic (exact) mass is 474 g/mol. The Bertz CT molecular complexity index is 1220. The summed E-state index contributed by atoms with van der Waals surface area (Å²) in [6.45, 7) is 0.909. The molecule has 32 heavy (non-hydrogen) atoms. The Hall–Kier alpha value is -3.16. The van der Waals surface area contributed by atoms with E-state index >= 15 is 0 Å². The van der Waals surface area contributed by atoms with Gasteiger partial charge in [-0.3, -0.25) is 9.52 Å². The molecule has 2 aliphatic rings. The number of nitriles is 1. The molecule has 0 aliphatic carbocycles. The highest BCUT2D eigenvalue weighted by atomic mass is 35.5. The molecule has 1 aromatic carbocycles. The van der Waals surface area contributed by atoms with Gasteiger partial charge in [-0.2, -0.15) is 5.26 Å². The first kappa shape index (κ1) is 22.0. The largest absolute Gasteiger partial charge is 0.455 e. The maximum atomic E-state index is 12.6. The Labute approximate surface area is 190 Å². The zero-order valence-electron chi connectivity index (χ0n) is 16.9. The Kier molecular flexibility index (Phi) is 6.04. The Morgan fingerprint density at radius 1 is 1.28 bits per heavy atom. The van der Waals surface area contributed by atoms with Gasteiger partial charge >= 0.3 is 5.97 Å². The summed E-state index contributed by atoms with van der Waals surface area (Å²) in [5, 5.41) is 9.96. The first-order chi connectivity index (χ1) is 15.3. The molecule has 1 saturated heterocycles. The fourth-order valence-corrected chi connectivity index (χ4v) is 5.09. The second-order valence-corrected chi connectivity index (χ2v) is 9.81. The number of nitrogens with one attached hydrogen (secondary N) is 1. The van der Waals surface area contributed by atoms with Gasteiger partial charge in [-0.05, 0) is 36.6 Å². The van der Waals surface area contributed by atoms with Crippen LogP contribution in [-0.2, 0) is 31.9 Å². The lowest BCUT2D eigenvalue weighted by atomic mass is 9.96. The minimum atomic E-state index is -3.84. The van der Waals surface area contributed by atoms with Crippen LogP contribution in [0.25, 0.3) is 0 Å². The van der Waals surface area contributed by atoms with Gasteiger partial charge in [0.15, 0.2) is 0 Å². The molecule has 166 valence electrons. The lowest BCUT2D eigenvalue weighted by Gasteiger charge is -2.32. The van der Waals surface area contributed by atoms with Gasteiger partial charge in [0.05, 0.1) is 22.6 Å². The van der Waals surface area contributed by atoms with Crippen LogP contribution in [0.2, 0.25) is 5.02 Å². The first-order valence-electron chi connectivity index (χ1n) is 9.90. The van der Waals surface area contributed by atoms with Crippen molar-refractivity contribution in [1.82, 2.24) is 9.71 Å². The zero-order valence-corrected chi connectivity index (χ0v) is 18.4. The third-order valence-corrected chi connectivity index (χ3v) is 6.93. The maximum Gasteiger partial charge on any atom is 0.340 e. The lowest BCUT2D eigenvalue weighted by molar-refractivity contribution is -0.123. The molecule has 0 bridgehead atoms. The van der Waals surface area contributed by atoms with Gasteiger partial charge in [0, 0.05) is 24.0 Å². The number of piperidine rings is 1. The molecule has 0 spiro atoms. The normalized spacial score (nSPS) is 16.2. The van der Waals surface area contributed by atoms with Crippen LogP contribution in [0.15, 0.2) is 30.3 Å². The average Bonchev–Trinajstić information content (AvgIpc) is 3.14. The second-order valence-electron chi connectivity index (χ2n) is 7.65. The van der Waals surface area contributed by atoms with Crippen molar-refractivity contribution in [2.75, 3.05) is 18.0 Å². The van der Waals surface area contributed by atoms with E-state index in [4.69, 9.17) is 16.3 Å². The number of fused-ring (bicyclic) bond motifs is 1. The number of hydrogen-bond acceptors (Lipinski definition) is 8. The van der Waals surface area contributed by atoms with E-state index in [1.165, 1.54) is 6.07 Å². The SMILES string of the molecule is N#Cc1cc2c(nc1N1CCC(C(=O)NS(=O)(=O)Cc3ccc(Cl)cc3)CC1)COC2=O. The first-order valence-corrected chi connectivity index (χ1v) is 11.9. The van der Waals surface area contributed by atoms with Gasteiger partial charge in [0.1, 0.15) is 18.5 Å². The molecule has 0 unspecified atom stereocenters. The fraction of sp³-hybridized carbons (Fsp3) is 0.333. The Morgan fingerprint density at radius 3 is 2.62 bits per heavy atom. The molecule has 1 aromatic heterocycles. The zero-order chi connectivity index (χ0) is 22.9. The highest BCUT2D eigenvalue weighted by molar-refractivity contribution is 7.89. The highest BCUT2D eigenvalue weighted by Gasteiger charge is 2.31. The van der Waals surface area contributed by atoms with Crippen LogP contribution < -0.4 is 9.62 Å². The van der Waals surface area contributed by atoms with Crippen LogP contribution >= 0.6 is 11.6 Å². The second kappa shape index (κ2) is 8.76. The standard InChI is InChI=1S/C21H19ClN4O5S/c22-16-3-1-13(2-4-16)12-32(29,30)25-20(27)14-5-7-26(8-6-14)19-15(10-23)9-17-18(24-19)11-31-21(17)28/h1-4,9,14H,5-8,11-12H2,(H,25,27). The minimum Gasteiger partial charge on any atom is -0.455 e. The van der Waals surface area contributed by atoms with Gasteiger partial charge in [0.25, 0.3) is 0 Å². The molecular weight excluding hydrogens is 456 g/mol. The van der Waals surface area contributed by atoms with Crippen molar-refractivity contribution in [3.63, 3.8) is 0 Å². The summed E-state index contributed by atoms with van der Waals surface area (Å²) in [5.41, 5.74) is 1.57. The van der Waals surface area contributed by atoms with Gasteiger partial charge in [-0.25, -0.2) is 18.2 Å². The van der Waals surface area contributed by atoms with Gasteiger partial charge in [-0.15, -0.1) is 0 Å². The molecule has 3 heterocycles. The molecule has 0 radical (unpaired) electrons. The summed E-state index contributed by atoms with van der Waals surface area (Å²) < 4.78 is 31.9. The van der Waals surface area contributed by atoms with E-state index in [1.807, 2.05) is 4.90 Å². The van der Waals surface area contributed by atoms with Crippen LogP contribution in [-0.4, -0.2) is 38.4 Å². The summed E-state index contributed by atoms with van der Waals surface area (Å²) in [7, 11) is -3.84. The molecule has 1 fully saturated rings. The van der Waals surface area contributed by atoms with Crippen molar-refractivity contribution in [1.29, 1.82) is 5.26 Å². The van der Waals surface area contributed by atoms with E-state index in [1.54, 1.807) is 24.3 Å². The fourth-order valence-electron chi connectivity index (χ4n) is 3.79. The molecule has 0 saturated carbocycles. The molecule has 4 rings (SSSR count). The minimum absolute atomic E-state index is 0.0667. The smallest absolute Gasteiger partial charge is 0.340 e. The summed E-state index contributed by atoms with van der Waals surface area (Å²) >= 11 is 5.81. The van der Waals surface area contributed by atoms with Crippen LogP contribution in [0.4, 0.5) is 5.82 Å². The molecule has 9 nitrogen and oxygen atoms in total. The van der Waals surface area contributed by atoms with E-state index in [0.717, 1.165) is 0 Å². The topological polar surface area (TPSA) is 129 Å². The van der Waals surface area contributed by atoms with Crippen LogP contribution in [0, 0.1) is 17.2 Å². The number of sulfonamides is 1. The maximum absolute atomic E-state index is 12.6. The van der Waals surface area contributed by atoms with Gasteiger partial charge in [-0.1, -0.05) is 23.7 Å². The number of aromatic nitrogens is 1. The molecule has 1 N–H and O–H groups in total. The number of benzene rings is 1. The van der Waals surface area contributed by atoms with Crippen molar-refractivity contribution in [2.45, 2.75) is 25.2 Å². The van der Waals surface area contributed by atoms with Gasteiger partial charge in [0.2, 0.25) is 15.9 Å². The molecule has 1 amide bonds. The number of amides is 1. The van der Waals surface area contributed by atoms with Crippen molar-refractivity contribution in [3.8, 4) is 6.07 Å². The average molecular weight is 475 g/mol. The number of halogens is 1. The summed E-state index contributed by atoms with van der Waals surface area (Å²) in [6, 6.07) is 9.91. The molecule has 0 atom stereocenters. The lowest BCUT2D eigenvalue weighted by Crippen LogP contribution is -2.43. The number of rotatable bonds is 5. The van der Waals surface area contributed by atoms with E-state index < -0.39 is 27.8 Å². The van der Waals surface area contributed by atoms with E-state index in [-0.39, 0.29) is 17.9 Å². The summed E-state index contributed by atoms with van der Waals surface area (Å²) in [4.78, 5) is 30.6. The molecular formula is C21H19ClN4O5S. The number of ether oxygens (including phenoxy) is 1. The number of nitrogens with zero attached hydrogens (tertiary/aromatic N) is 3. The van der Waals surface area contributed by atoms with Crippen LogP contribution in [0.1, 0.15) is 40.0 Å². The van der Waals surface area contributed by atoms with Crippen LogP contribution in [0.5, 0.6) is 0 Å². The highest BCUT2D eigenvalue weighted by Crippen LogP contribution is 2.29. The molecule has 2 aliphatic heterocycles. The molecule has 11 heteroatoms. The predicted octanol–water partition coefficient (Wildman–Crippen LogP) is 2.14. The van der Waals surface area contributed by atoms with Crippen molar-refractivity contribution in [2.24, 2.45) is 5.92 Å². The van der Waals surface area contributed by atoms with Crippen molar-refractivity contribution < 1.29 is 22.7 Å². The number of carbonyl (C=O) groups is 2. The number of anilines is 1. The van der Waals surface area contributed by atoms with Crippen molar-refractivity contribution in [3.05, 3.63) is 57.7 Å². The van der Waals surface area contributed by atoms with Crippen LogP contribution in [0.3, 0.4) is 0 Å².